The fourth-order valence-electron chi connectivity index (χ4n) is 1.37. The SMILES string of the molecule is CN(C(=O)C(N)c1cnn(C)c1)C(C)(C)C(=O)O. The average molecular weight is 254 g/mol. The van der Waals surface area contributed by atoms with E-state index in [0.717, 1.165) is 4.90 Å². The number of rotatable bonds is 4. The van der Waals surface area contributed by atoms with Gasteiger partial charge in [-0.1, -0.05) is 0 Å². The smallest absolute Gasteiger partial charge is 0.329 e. The second-order valence-corrected chi connectivity index (χ2v) is 4.69. The number of aromatic nitrogens is 2. The van der Waals surface area contributed by atoms with Crippen LogP contribution >= 0.6 is 0 Å². The maximum atomic E-state index is 12.1. The van der Waals surface area contributed by atoms with Crippen LogP contribution in [0.25, 0.3) is 0 Å². The number of nitrogens with two attached hydrogens (primary N) is 1. The summed E-state index contributed by atoms with van der Waals surface area (Å²) < 4.78 is 1.53. The van der Waals surface area contributed by atoms with Crippen molar-refractivity contribution in [3.05, 3.63) is 18.0 Å². The largest absolute Gasteiger partial charge is 0.480 e. The topological polar surface area (TPSA) is 101 Å². The molecular weight excluding hydrogens is 236 g/mol. The molecule has 1 amide bonds. The van der Waals surface area contributed by atoms with Crippen LogP contribution in [0.3, 0.4) is 0 Å². The molecule has 3 N–H and O–H groups in total. The van der Waals surface area contributed by atoms with Gasteiger partial charge in [0.2, 0.25) is 5.91 Å². The Morgan fingerprint density at radius 1 is 1.56 bits per heavy atom. The molecule has 0 radical (unpaired) electrons. The summed E-state index contributed by atoms with van der Waals surface area (Å²) in [4.78, 5) is 24.3. The lowest BCUT2D eigenvalue weighted by Gasteiger charge is -2.33. The fourth-order valence-corrected chi connectivity index (χ4v) is 1.37. The van der Waals surface area contributed by atoms with Crippen LogP contribution < -0.4 is 5.73 Å². The van der Waals surface area contributed by atoms with Crippen LogP contribution in [0.1, 0.15) is 25.5 Å². The Kier molecular flexibility index (Phi) is 3.76. The van der Waals surface area contributed by atoms with Gasteiger partial charge in [-0.3, -0.25) is 9.48 Å². The molecule has 18 heavy (non-hydrogen) atoms. The van der Waals surface area contributed by atoms with E-state index in [1.54, 1.807) is 13.2 Å². The number of carbonyl (C=O) groups is 2. The first-order chi connectivity index (χ1) is 8.17. The summed E-state index contributed by atoms with van der Waals surface area (Å²) >= 11 is 0. The summed E-state index contributed by atoms with van der Waals surface area (Å²) in [5, 5.41) is 13.0. The van der Waals surface area contributed by atoms with Gasteiger partial charge in [0.1, 0.15) is 11.6 Å². The van der Waals surface area contributed by atoms with Crippen LogP contribution in [0, 0.1) is 0 Å². The van der Waals surface area contributed by atoms with Crippen molar-refractivity contribution in [3.63, 3.8) is 0 Å². The van der Waals surface area contributed by atoms with Gasteiger partial charge in [0.15, 0.2) is 0 Å². The number of carbonyl (C=O) groups excluding carboxylic acids is 1. The van der Waals surface area contributed by atoms with Gasteiger partial charge in [0.05, 0.1) is 6.20 Å². The molecule has 0 saturated carbocycles. The van der Waals surface area contributed by atoms with Crippen LogP contribution in [0.15, 0.2) is 12.4 Å². The highest BCUT2D eigenvalue weighted by atomic mass is 16.4. The molecule has 1 aromatic rings. The van der Waals surface area contributed by atoms with Crippen molar-refractivity contribution >= 4 is 11.9 Å². The molecule has 0 fully saturated rings. The zero-order chi connectivity index (χ0) is 14.1. The first kappa shape index (κ1) is 14.2. The molecule has 1 heterocycles. The Morgan fingerprint density at radius 3 is 2.50 bits per heavy atom. The van der Waals surface area contributed by atoms with Crippen molar-refractivity contribution in [3.8, 4) is 0 Å². The third-order valence-electron chi connectivity index (χ3n) is 3.04. The fraction of sp³-hybridized carbons (Fsp3) is 0.545. The number of hydrogen-bond donors (Lipinski definition) is 2. The molecular formula is C11H18N4O3. The number of likely N-dealkylation sites (N-methyl/N-ethyl adjacent to an activating group) is 1. The monoisotopic (exact) mass is 254 g/mol. The Morgan fingerprint density at radius 2 is 2.11 bits per heavy atom. The van der Waals surface area contributed by atoms with Gasteiger partial charge in [-0.2, -0.15) is 5.10 Å². The van der Waals surface area contributed by atoms with Gasteiger partial charge >= 0.3 is 5.97 Å². The number of carboxylic acids is 1. The second kappa shape index (κ2) is 4.77. The highest BCUT2D eigenvalue weighted by Crippen LogP contribution is 2.18. The van der Waals surface area contributed by atoms with Gasteiger partial charge in [-0.15, -0.1) is 0 Å². The normalized spacial score (nSPS) is 13.2. The van der Waals surface area contributed by atoms with Crippen LogP contribution in [-0.4, -0.2) is 44.3 Å². The molecule has 1 aromatic heterocycles. The summed E-state index contributed by atoms with van der Waals surface area (Å²) in [5.74, 6) is -1.55. The van der Waals surface area contributed by atoms with E-state index in [9.17, 15) is 9.59 Å². The van der Waals surface area contributed by atoms with Crippen molar-refractivity contribution in [2.75, 3.05) is 7.05 Å². The van der Waals surface area contributed by atoms with E-state index >= 15 is 0 Å². The summed E-state index contributed by atoms with van der Waals surface area (Å²) in [6, 6.07) is -0.915. The Labute approximate surface area is 105 Å². The third-order valence-corrected chi connectivity index (χ3v) is 3.04. The predicted octanol–water partition coefficient (Wildman–Crippen LogP) is -0.258. The van der Waals surface area contributed by atoms with Crippen LogP contribution in [0.2, 0.25) is 0 Å². The molecule has 0 saturated heterocycles. The lowest BCUT2D eigenvalue weighted by atomic mass is 10.0. The highest BCUT2D eigenvalue weighted by Gasteiger charge is 2.37. The molecule has 1 rings (SSSR count). The molecule has 0 spiro atoms. The molecule has 100 valence electrons. The van der Waals surface area contributed by atoms with E-state index in [1.807, 2.05) is 0 Å². The molecule has 0 bridgehead atoms. The number of amides is 1. The molecule has 1 atom stereocenters. The lowest BCUT2D eigenvalue weighted by Crippen LogP contribution is -2.53. The summed E-state index contributed by atoms with van der Waals surface area (Å²) in [5.41, 5.74) is 5.05. The zero-order valence-electron chi connectivity index (χ0n) is 10.9. The minimum Gasteiger partial charge on any atom is -0.480 e. The highest BCUT2D eigenvalue weighted by molar-refractivity contribution is 5.89. The first-order valence-electron chi connectivity index (χ1n) is 5.43. The summed E-state index contributed by atoms with van der Waals surface area (Å²) in [6.07, 6.45) is 3.12. The quantitative estimate of drug-likeness (QED) is 0.771. The van der Waals surface area contributed by atoms with Crippen LogP contribution in [-0.2, 0) is 16.6 Å². The van der Waals surface area contributed by atoms with E-state index in [4.69, 9.17) is 10.8 Å². The van der Waals surface area contributed by atoms with Gasteiger partial charge in [0.25, 0.3) is 0 Å². The van der Waals surface area contributed by atoms with E-state index in [1.165, 1.54) is 31.8 Å². The van der Waals surface area contributed by atoms with Gasteiger partial charge in [-0.05, 0) is 13.8 Å². The molecule has 1 unspecified atom stereocenters. The van der Waals surface area contributed by atoms with Crippen molar-refractivity contribution < 1.29 is 14.7 Å². The summed E-state index contributed by atoms with van der Waals surface area (Å²) in [6.45, 7) is 2.90. The number of hydrogen-bond acceptors (Lipinski definition) is 4. The van der Waals surface area contributed by atoms with E-state index < -0.39 is 23.5 Å². The molecule has 7 heteroatoms. The number of aryl methyl sites for hydroxylation is 1. The molecule has 0 aliphatic rings. The van der Waals surface area contributed by atoms with E-state index in [2.05, 4.69) is 5.10 Å². The number of aliphatic carboxylic acids is 1. The molecule has 7 nitrogen and oxygen atoms in total. The maximum Gasteiger partial charge on any atom is 0.329 e. The third kappa shape index (κ3) is 2.51. The minimum absolute atomic E-state index is 0.463. The van der Waals surface area contributed by atoms with E-state index in [-0.39, 0.29) is 0 Å². The molecule has 0 aliphatic heterocycles. The molecule has 0 aromatic carbocycles. The van der Waals surface area contributed by atoms with Crippen LogP contribution in [0.4, 0.5) is 0 Å². The van der Waals surface area contributed by atoms with Gasteiger partial charge in [0, 0.05) is 25.9 Å². The Hall–Kier alpha value is -1.89. The summed E-state index contributed by atoms with van der Waals surface area (Å²) in [7, 11) is 3.14. The number of carboxylic acid groups (broad SMARTS) is 1. The first-order valence-corrected chi connectivity index (χ1v) is 5.43. The van der Waals surface area contributed by atoms with Crippen molar-refractivity contribution in [2.45, 2.75) is 25.4 Å². The average Bonchev–Trinajstić information content (AvgIpc) is 2.72. The second-order valence-electron chi connectivity index (χ2n) is 4.69. The number of nitrogens with zero attached hydrogens (tertiary/aromatic N) is 3. The predicted molar refractivity (Wildman–Crippen MR) is 64.6 cm³/mol. The minimum atomic E-state index is -1.31. The standard InChI is InChI=1S/C11H18N4O3/c1-11(2,10(17)18)15(4)9(16)8(12)7-5-13-14(3)6-7/h5-6,8H,12H2,1-4H3,(H,17,18). The van der Waals surface area contributed by atoms with Crippen LogP contribution in [0.5, 0.6) is 0 Å². The van der Waals surface area contributed by atoms with Gasteiger partial charge in [-0.25, -0.2) is 4.79 Å². The molecule has 0 aliphatic carbocycles. The van der Waals surface area contributed by atoms with Crippen molar-refractivity contribution in [1.82, 2.24) is 14.7 Å². The lowest BCUT2D eigenvalue weighted by molar-refractivity contribution is -0.155. The van der Waals surface area contributed by atoms with Crippen molar-refractivity contribution in [1.29, 1.82) is 0 Å². The van der Waals surface area contributed by atoms with Crippen molar-refractivity contribution in [2.24, 2.45) is 12.8 Å². The Balaban J connectivity index is 2.91. The maximum absolute atomic E-state index is 12.1. The van der Waals surface area contributed by atoms with E-state index in [0.29, 0.717) is 5.56 Å². The van der Waals surface area contributed by atoms with Gasteiger partial charge < -0.3 is 15.7 Å². The zero-order valence-corrected chi connectivity index (χ0v) is 10.9. The Bertz CT molecular complexity index is 467.